The van der Waals surface area contributed by atoms with Crippen LogP contribution in [-0.2, 0) is 4.74 Å². The summed E-state index contributed by atoms with van der Waals surface area (Å²) in [6.07, 6.45) is 2.50. The van der Waals surface area contributed by atoms with E-state index in [4.69, 9.17) is 9.73 Å². The average Bonchev–Trinajstić information content (AvgIpc) is 2.77. The van der Waals surface area contributed by atoms with Gasteiger partial charge in [-0.25, -0.2) is 0 Å². The van der Waals surface area contributed by atoms with Crippen LogP contribution >= 0.6 is 11.8 Å². The average molecular weight is 228 g/mol. The van der Waals surface area contributed by atoms with Gasteiger partial charge in [0.2, 0.25) is 0 Å². The first-order valence-corrected chi connectivity index (χ1v) is 6.72. The number of hydrogen-bond acceptors (Lipinski definition) is 3. The Hall–Kier alpha value is -0.220. The molecule has 3 nitrogen and oxygen atoms in total. The zero-order valence-corrected chi connectivity index (χ0v) is 10.6. The zero-order chi connectivity index (χ0) is 10.9. The molecule has 0 aromatic carbocycles. The molecule has 2 rings (SSSR count). The van der Waals surface area contributed by atoms with E-state index in [2.05, 4.69) is 26.1 Å². The van der Waals surface area contributed by atoms with Crippen LogP contribution in [0.3, 0.4) is 0 Å². The van der Waals surface area contributed by atoms with E-state index in [1.807, 2.05) is 11.8 Å². The zero-order valence-electron chi connectivity index (χ0n) is 9.75. The monoisotopic (exact) mass is 228 g/mol. The fourth-order valence-electron chi connectivity index (χ4n) is 1.86. The van der Waals surface area contributed by atoms with Gasteiger partial charge in [-0.15, -0.1) is 0 Å². The molecule has 0 bridgehead atoms. The summed E-state index contributed by atoms with van der Waals surface area (Å²) in [6.45, 7) is 7.45. The minimum Gasteiger partial charge on any atom is -0.376 e. The van der Waals surface area contributed by atoms with Crippen molar-refractivity contribution in [3.05, 3.63) is 0 Å². The first-order chi connectivity index (χ1) is 7.13. The maximum absolute atomic E-state index is 5.51. The molecule has 0 radical (unpaired) electrons. The Morgan fingerprint density at radius 3 is 3.00 bits per heavy atom. The molecule has 15 heavy (non-hydrogen) atoms. The number of rotatable bonds is 2. The second-order valence-corrected chi connectivity index (χ2v) is 5.66. The summed E-state index contributed by atoms with van der Waals surface area (Å²) < 4.78 is 5.51. The lowest BCUT2D eigenvalue weighted by molar-refractivity contribution is 0.119. The summed E-state index contributed by atoms with van der Waals surface area (Å²) in [5, 5.41) is 4.63. The quantitative estimate of drug-likeness (QED) is 0.785. The van der Waals surface area contributed by atoms with Crippen molar-refractivity contribution in [2.75, 3.05) is 12.4 Å². The molecular weight excluding hydrogens is 208 g/mol. The van der Waals surface area contributed by atoms with E-state index in [1.54, 1.807) is 0 Å². The molecule has 2 saturated heterocycles. The number of nitrogens with one attached hydrogen (secondary N) is 1. The third-order valence-electron chi connectivity index (χ3n) is 3.34. The SMILES string of the molecule is CCC1(C)CSC(=NC2CCOC2C)N1. The number of ether oxygens (including phenoxy) is 1. The van der Waals surface area contributed by atoms with Crippen LogP contribution in [0, 0.1) is 0 Å². The van der Waals surface area contributed by atoms with Crippen molar-refractivity contribution in [3.8, 4) is 0 Å². The molecule has 2 fully saturated rings. The van der Waals surface area contributed by atoms with Crippen molar-refractivity contribution in [1.82, 2.24) is 5.32 Å². The van der Waals surface area contributed by atoms with Gasteiger partial charge in [0.25, 0.3) is 0 Å². The standard InChI is InChI=1S/C11H20N2OS/c1-4-11(3)7-15-10(13-11)12-9-5-6-14-8(9)2/h8-9H,4-7H2,1-3H3,(H,12,13). The van der Waals surface area contributed by atoms with Gasteiger partial charge in [0, 0.05) is 17.9 Å². The molecule has 2 aliphatic rings. The maximum atomic E-state index is 5.51. The van der Waals surface area contributed by atoms with Crippen LogP contribution in [0.2, 0.25) is 0 Å². The van der Waals surface area contributed by atoms with Gasteiger partial charge in [-0.3, -0.25) is 4.99 Å². The molecule has 0 aromatic heterocycles. The Labute approximate surface area is 96.1 Å². The molecule has 3 unspecified atom stereocenters. The highest BCUT2D eigenvalue weighted by Crippen LogP contribution is 2.27. The van der Waals surface area contributed by atoms with Crippen LogP contribution in [0.4, 0.5) is 0 Å². The Balaban J connectivity index is 1.98. The first kappa shape index (κ1) is 11.3. The van der Waals surface area contributed by atoms with Gasteiger partial charge in [0.1, 0.15) is 0 Å². The van der Waals surface area contributed by atoms with E-state index in [1.165, 1.54) is 0 Å². The lowest BCUT2D eigenvalue weighted by Gasteiger charge is -2.21. The number of amidine groups is 1. The lowest BCUT2D eigenvalue weighted by atomic mass is 10.0. The molecule has 0 aromatic rings. The van der Waals surface area contributed by atoms with E-state index in [-0.39, 0.29) is 11.6 Å². The highest BCUT2D eigenvalue weighted by Gasteiger charge is 2.32. The minimum absolute atomic E-state index is 0.242. The number of aliphatic imine (C=N–C) groups is 1. The molecule has 1 N–H and O–H groups in total. The number of hydrogen-bond donors (Lipinski definition) is 1. The van der Waals surface area contributed by atoms with Crippen LogP contribution in [0.5, 0.6) is 0 Å². The van der Waals surface area contributed by atoms with Crippen molar-refractivity contribution in [2.24, 2.45) is 4.99 Å². The van der Waals surface area contributed by atoms with Crippen molar-refractivity contribution in [1.29, 1.82) is 0 Å². The van der Waals surface area contributed by atoms with E-state index in [0.29, 0.717) is 6.04 Å². The Bertz CT molecular complexity index is 269. The summed E-state index contributed by atoms with van der Waals surface area (Å²) in [5.74, 6) is 1.13. The van der Waals surface area contributed by atoms with Gasteiger partial charge in [0.05, 0.1) is 12.1 Å². The van der Waals surface area contributed by atoms with Gasteiger partial charge in [-0.2, -0.15) is 0 Å². The van der Waals surface area contributed by atoms with Crippen molar-refractivity contribution < 1.29 is 4.74 Å². The summed E-state index contributed by atoms with van der Waals surface area (Å²) in [6, 6.07) is 0.360. The summed E-state index contributed by atoms with van der Waals surface area (Å²) in [5.41, 5.74) is 0.242. The Morgan fingerprint density at radius 1 is 1.67 bits per heavy atom. The fraction of sp³-hybridized carbons (Fsp3) is 0.909. The molecule has 2 heterocycles. The van der Waals surface area contributed by atoms with Crippen LogP contribution in [0.25, 0.3) is 0 Å². The third kappa shape index (κ3) is 2.48. The number of nitrogens with zero attached hydrogens (tertiary/aromatic N) is 1. The molecule has 0 spiro atoms. The molecule has 3 atom stereocenters. The van der Waals surface area contributed by atoms with Crippen LogP contribution in [0.1, 0.15) is 33.6 Å². The molecule has 86 valence electrons. The highest BCUT2D eigenvalue weighted by atomic mass is 32.2. The lowest BCUT2D eigenvalue weighted by Crippen LogP contribution is -2.40. The van der Waals surface area contributed by atoms with Crippen LogP contribution < -0.4 is 5.32 Å². The Morgan fingerprint density at radius 2 is 2.47 bits per heavy atom. The highest BCUT2D eigenvalue weighted by molar-refractivity contribution is 8.14. The van der Waals surface area contributed by atoms with Crippen molar-refractivity contribution >= 4 is 16.9 Å². The van der Waals surface area contributed by atoms with Crippen molar-refractivity contribution in [3.63, 3.8) is 0 Å². The predicted octanol–water partition coefficient (Wildman–Crippen LogP) is 2.02. The van der Waals surface area contributed by atoms with Gasteiger partial charge in [-0.1, -0.05) is 18.7 Å². The molecule has 2 aliphatic heterocycles. The largest absolute Gasteiger partial charge is 0.376 e. The van der Waals surface area contributed by atoms with E-state index in [0.717, 1.165) is 30.4 Å². The maximum Gasteiger partial charge on any atom is 0.157 e. The van der Waals surface area contributed by atoms with Crippen LogP contribution in [0.15, 0.2) is 4.99 Å². The smallest absolute Gasteiger partial charge is 0.157 e. The number of thioether (sulfide) groups is 1. The second-order valence-electron chi connectivity index (χ2n) is 4.69. The topological polar surface area (TPSA) is 33.6 Å². The minimum atomic E-state index is 0.242. The summed E-state index contributed by atoms with van der Waals surface area (Å²) >= 11 is 1.85. The van der Waals surface area contributed by atoms with Crippen molar-refractivity contribution in [2.45, 2.75) is 51.3 Å². The van der Waals surface area contributed by atoms with Gasteiger partial charge in [0.15, 0.2) is 5.17 Å². The molecule has 4 heteroatoms. The molecular formula is C11H20N2OS. The molecule has 0 saturated carbocycles. The molecule has 0 aliphatic carbocycles. The van der Waals surface area contributed by atoms with E-state index >= 15 is 0 Å². The second kappa shape index (κ2) is 4.34. The fourth-order valence-corrected chi connectivity index (χ4v) is 3.12. The third-order valence-corrected chi connectivity index (χ3v) is 4.60. The summed E-state index contributed by atoms with van der Waals surface area (Å²) in [7, 11) is 0. The normalized spacial score (nSPS) is 43.5. The Kier molecular flexibility index (Phi) is 3.26. The predicted molar refractivity (Wildman–Crippen MR) is 65.5 cm³/mol. The van der Waals surface area contributed by atoms with E-state index in [9.17, 15) is 0 Å². The van der Waals surface area contributed by atoms with Crippen LogP contribution in [-0.4, -0.2) is 35.2 Å². The van der Waals surface area contributed by atoms with Gasteiger partial charge < -0.3 is 10.1 Å². The van der Waals surface area contributed by atoms with Gasteiger partial charge in [-0.05, 0) is 26.7 Å². The molecule has 0 amide bonds. The van der Waals surface area contributed by atoms with E-state index < -0.39 is 0 Å². The summed E-state index contributed by atoms with van der Waals surface area (Å²) in [4.78, 5) is 4.74. The van der Waals surface area contributed by atoms with Gasteiger partial charge >= 0.3 is 0 Å². The first-order valence-electron chi connectivity index (χ1n) is 5.73.